The molecule has 0 radical (unpaired) electrons. The summed E-state index contributed by atoms with van der Waals surface area (Å²) in [6, 6.07) is 0.967. The van der Waals surface area contributed by atoms with E-state index < -0.39 is 11.7 Å². The first-order valence-corrected chi connectivity index (χ1v) is 5.78. The first-order chi connectivity index (χ1) is 8.54. The molecule has 2 amide bonds. The molecular formula is C11H13ClFN3O2. The van der Waals surface area contributed by atoms with Crippen LogP contribution in [0, 0.1) is 5.82 Å². The smallest absolute Gasteiger partial charge is 0.254 e. The van der Waals surface area contributed by atoms with Crippen LogP contribution in [0.2, 0.25) is 5.15 Å². The third-order valence-electron chi connectivity index (χ3n) is 2.03. The van der Waals surface area contributed by atoms with Gasteiger partial charge < -0.3 is 10.6 Å². The second kappa shape index (κ2) is 6.90. The number of nitrogens with zero attached hydrogens (tertiary/aromatic N) is 1. The molecule has 0 aliphatic heterocycles. The van der Waals surface area contributed by atoms with Crippen molar-refractivity contribution in [3.05, 3.63) is 28.8 Å². The van der Waals surface area contributed by atoms with Crippen molar-refractivity contribution in [3.63, 3.8) is 0 Å². The van der Waals surface area contributed by atoms with Crippen LogP contribution in [0.15, 0.2) is 12.3 Å². The van der Waals surface area contributed by atoms with Gasteiger partial charge in [0, 0.05) is 6.54 Å². The average molecular weight is 274 g/mol. The number of rotatable bonds is 5. The molecule has 0 saturated heterocycles. The van der Waals surface area contributed by atoms with Crippen LogP contribution < -0.4 is 10.6 Å². The maximum atomic E-state index is 12.9. The van der Waals surface area contributed by atoms with Gasteiger partial charge in [-0.05, 0) is 12.5 Å². The molecule has 0 saturated carbocycles. The van der Waals surface area contributed by atoms with Gasteiger partial charge in [0.1, 0.15) is 11.0 Å². The molecule has 1 aromatic heterocycles. The molecular weight excluding hydrogens is 261 g/mol. The Morgan fingerprint density at radius 2 is 2.17 bits per heavy atom. The Balaban J connectivity index is 2.55. The van der Waals surface area contributed by atoms with Gasteiger partial charge in [0.15, 0.2) is 0 Å². The minimum atomic E-state index is -0.667. The number of amides is 2. The molecule has 0 spiro atoms. The van der Waals surface area contributed by atoms with Gasteiger partial charge in [0.25, 0.3) is 5.91 Å². The lowest BCUT2D eigenvalue weighted by molar-refractivity contribution is -0.120. The molecule has 0 unspecified atom stereocenters. The fraction of sp³-hybridized carbons (Fsp3) is 0.364. The monoisotopic (exact) mass is 273 g/mol. The van der Waals surface area contributed by atoms with Crippen molar-refractivity contribution in [2.24, 2.45) is 0 Å². The van der Waals surface area contributed by atoms with E-state index >= 15 is 0 Å². The quantitative estimate of drug-likeness (QED) is 0.790. The molecule has 1 rings (SSSR count). The van der Waals surface area contributed by atoms with Crippen molar-refractivity contribution in [2.75, 3.05) is 13.1 Å². The first kappa shape index (κ1) is 14.4. The molecule has 0 atom stereocenters. The van der Waals surface area contributed by atoms with Crippen LogP contribution in [-0.4, -0.2) is 29.9 Å². The van der Waals surface area contributed by atoms with E-state index in [1.807, 2.05) is 6.92 Å². The van der Waals surface area contributed by atoms with Crippen molar-refractivity contribution in [1.82, 2.24) is 15.6 Å². The molecule has 0 bridgehead atoms. The summed E-state index contributed by atoms with van der Waals surface area (Å²) in [5.74, 6) is -1.62. The summed E-state index contributed by atoms with van der Waals surface area (Å²) in [6.07, 6.45) is 1.71. The van der Waals surface area contributed by atoms with E-state index in [1.165, 1.54) is 0 Å². The molecule has 0 aromatic carbocycles. The van der Waals surface area contributed by atoms with E-state index in [0.29, 0.717) is 6.54 Å². The number of carbonyl (C=O) groups excluding carboxylic acids is 2. The molecule has 2 N–H and O–H groups in total. The zero-order chi connectivity index (χ0) is 13.5. The highest BCUT2D eigenvalue weighted by molar-refractivity contribution is 6.32. The first-order valence-electron chi connectivity index (χ1n) is 5.40. The number of hydrogen-bond donors (Lipinski definition) is 2. The van der Waals surface area contributed by atoms with Crippen molar-refractivity contribution in [2.45, 2.75) is 13.3 Å². The molecule has 0 aliphatic rings. The van der Waals surface area contributed by atoms with Crippen molar-refractivity contribution < 1.29 is 14.0 Å². The Hall–Kier alpha value is -1.69. The number of nitrogens with one attached hydrogen (secondary N) is 2. The topological polar surface area (TPSA) is 71.1 Å². The summed E-state index contributed by atoms with van der Waals surface area (Å²) in [5, 5.41) is 4.81. The van der Waals surface area contributed by atoms with Gasteiger partial charge in [-0.15, -0.1) is 0 Å². The molecule has 0 aliphatic carbocycles. The van der Waals surface area contributed by atoms with Gasteiger partial charge in [0.2, 0.25) is 5.91 Å². The summed E-state index contributed by atoms with van der Waals surface area (Å²) in [7, 11) is 0. The normalized spacial score (nSPS) is 9.94. The van der Waals surface area contributed by atoms with E-state index in [-0.39, 0.29) is 23.2 Å². The van der Waals surface area contributed by atoms with Crippen LogP contribution in [0.3, 0.4) is 0 Å². The van der Waals surface area contributed by atoms with Crippen molar-refractivity contribution >= 4 is 23.4 Å². The molecule has 7 heteroatoms. The second-order valence-electron chi connectivity index (χ2n) is 3.52. The van der Waals surface area contributed by atoms with E-state index in [9.17, 15) is 14.0 Å². The van der Waals surface area contributed by atoms with Gasteiger partial charge in [0.05, 0.1) is 18.3 Å². The van der Waals surface area contributed by atoms with Crippen LogP contribution in [0.1, 0.15) is 23.7 Å². The Bertz CT molecular complexity index is 454. The van der Waals surface area contributed by atoms with Gasteiger partial charge in [-0.2, -0.15) is 0 Å². The van der Waals surface area contributed by atoms with E-state index in [2.05, 4.69) is 15.6 Å². The highest BCUT2D eigenvalue weighted by Crippen LogP contribution is 2.13. The van der Waals surface area contributed by atoms with Gasteiger partial charge in [-0.1, -0.05) is 18.5 Å². The number of pyridine rings is 1. The van der Waals surface area contributed by atoms with Crippen molar-refractivity contribution in [1.29, 1.82) is 0 Å². The summed E-state index contributed by atoms with van der Waals surface area (Å²) in [4.78, 5) is 26.4. The van der Waals surface area contributed by atoms with Crippen LogP contribution in [0.4, 0.5) is 4.39 Å². The predicted molar refractivity (Wildman–Crippen MR) is 64.8 cm³/mol. The summed E-state index contributed by atoms with van der Waals surface area (Å²) in [5.41, 5.74) is -0.0973. The summed E-state index contributed by atoms with van der Waals surface area (Å²) < 4.78 is 12.9. The summed E-state index contributed by atoms with van der Waals surface area (Å²) in [6.45, 7) is 2.26. The van der Waals surface area contributed by atoms with E-state index in [1.54, 1.807) is 0 Å². The minimum Gasteiger partial charge on any atom is -0.355 e. The Morgan fingerprint density at radius 1 is 1.44 bits per heavy atom. The third-order valence-corrected chi connectivity index (χ3v) is 2.33. The lowest BCUT2D eigenvalue weighted by atomic mass is 10.2. The van der Waals surface area contributed by atoms with Gasteiger partial charge in [-0.3, -0.25) is 9.59 Å². The largest absolute Gasteiger partial charge is 0.355 e. The van der Waals surface area contributed by atoms with Crippen LogP contribution in [-0.2, 0) is 4.79 Å². The Kier molecular flexibility index (Phi) is 5.51. The minimum absolute atomic E-state index is 0.0973. The highest BCUT2D eigenvalue weighted by Gasteiger charge is 2.13. The van der Waals surface area contributed by atoms with Crippen LogP contribution in [0.25, 0.3) is 0 Å². The van der Waals surface area contributed by atoms with Gasteiger partial charge >= 0.3 is 0 Å². The molecule has 1 aromatic rings. The van der Waals surface area contributed by atoms with Gasteiger partial charge in [-0.25, -0.2) is 9.37 Å². The predicted octanol–water partition coefficient (Wildman–Crippen LogP) is 1.13. The highest BCUT2D eigenvalue weighted by atomic mass is 35.5. The third kappa shape index (κ3) is 4.29. The number of aromatic nitrogens is 1. The SMILES string of the molecule is CCCNC(=O)CNC(=O)c1cc(F)cnc1Cl. The van der Waals surface area contributed by atoms with E-state index in [0.717, 1.165) is 18.7 Å². The molecule has 1 heterocycles. The second-order valence-corrected chi connectivity index (χ2v) is 3.88. The fourth-order valence-corrected chi connectivity index (χ4v) is 1.35. The van der Waals surface area contributed by atoms with Crippen LogP contribution >= 0.6 is 11.6 Å². The standard InChI is InChI=1S/C11H13ClFN3O2/c1-2-3-14-9(17)6-16-11(18)8-4-7(13)5-15-10(8)12/h4-5H,2-3,6H2,1H3,(H,14,17)(H,16,18). The number of halogens is 2. The lowest BCUT2D eigenvalue weighted by Crippen LogP contribution is -2.37. The Labute approximate surface area is 109 Å². The molecule has 98 valence electrons. The molecule has 0 fully saturated rings. The maximum Gasteiger partial charge on any atom is 0.254 e. The van der Waals surface area contributed by atoms with E-state index in [4.69, 9.17) is 11.6 Å². The number of hydrogen-bond acceptors (Lipinski definition) is 3. The zero-order valence-corrected chi connectivity index (χ0v) is 10.6. The average Bonchev–Trinajstić information content (AvgIpc) is 2.36. The summed E-state index contributed by atoms with van der Waals surface area (Å²) >= 11 is 5.65. The molecule has 5 nitrogen and oxygen atoms in total. The van der Waals surface area contributed by atoms with Crippen molar-refractivity contribution in [3.8, 4) is 0 Å². The molecule has 18 heavy (non-hydrogen) atoms. The zero-order valence-electron chi connectivity index (χ0n) is 9.80. The lowest BCUT2D eigenvalue weighted by Gasteiger charge is -2.06. The van der Waals surface area contributed by atoms with Crippen LogP contribution in [0.5, 0.6) is 0 Å². The fourth-order valence-electron chi connectivity index (χ4n) is 1.16. The maximum absolute atomic E-state index is 12.9. The Morgan fingerprint density at radius 3 is 2.83 bits per heavy atom. The number of carbonyl (C=O) groups is 2.